The number of nitrogens with one attached hydrogen (secondary N) is 1. The molecule has 0 saturated carbocycles. The Morgan fingerprint density at radius 1 is 1.06 bits per heavy atom. The second-order valence-electron chi connectivity index (χ2n) is 4.45. The van der Waals surface area contributed by atoms with Crippen molar-refractivity contribution in [2.24, 2.45) is 0 Å². The number of nitrogens with zero attached hydrogens (tertiary/aromatic N) is 1. The number of rotatable bonds is 4. The number of aryl methyl sites for hydroxylation is 2. The van der Waals surface area contributed by atoms with Crippen LogP contribution in [0.4, 0.5) is 0 Å². The van der Waals surface area contributed by atoms with Gasteiger partial charge >= 0.3 is 0 Å². The quantitative estimate of drug-likeness (QED) is 0.866. The van der Waals surface area contributed by atoms with Crippen LogP contribution < -0.4 is 5.32 Å². The summed E-state index contributed by atoms with van der Waals surface area (Å²) in [5.41, 5.74) is 4.15. The van der Waals surface area contributed by atoms with Gasteiger partial charge in [0.2, 0.25) is 0 Å². The van der Waals surface area contributed by atoms with E-state index in [0.29, 0.717) is 12.2 Å². The number of hydrogen-bond donors (Lipinski definition) is 2. The Morgan fingerprint density at radius 2 is 1.83 bits per heavy atom. The minimum absolute atomic E-state index is 0.248. The molecule has 0 aliphatic rings. The molecule has 0 saturated heterocycles. The van der Waals surface area contributed by atoms with Crippen LogP contribution in [0, 0.1) is 13.8 Å². The van der Waals surface area contributed by atoms with E-state index in [1.54, 1.807) is 12.1 Å². The highest BCUT2D eigenvalue weighted by Crippen LogP contribution is 2.14. The smallest absolute Gasteiger partial charge is 0.138 e. The van der Waals surface area contributed by atoms with Crippen molar-refractivity contribution in [3.63, 3.8) is 0 Å². The lowest BCUT2D eigenvalue weighted by Crippen LogP contribution is -2.14. The van der Waals surface area contributed by atoms with Crippen molar-refractivity contribution in [1.82, 2.24) is 10.3 Å². The average Bonchev–Trinajstić information content (AvgIpc) is 2.36. The van der Waals surface area contributed by atoms with E-state index < -0.39 is 0 Å². The van der Waals surface area contributed by atoms with Crippen LogP contribution in [0.2, 0.25) is 0 Å². The highest BCUT2D eigenvalue weighted by atomic mass is 16.3. The van der Waals surface area contributed by atoms with Gasteiger partial charge in [0.15, 0.2) is 0 Å². The van der Waals surface area contributed by atoms with Crippen LogP contribution in [0.15, 0.2) is 36.4 Å². The fraction of sp³-hybridized carbons (Fsp3) is 0.267. The zero-order chi connectivity index (χ0) is 13.0. The summed E-state index contributed by atoms with van der Waals surface area (Å²) in [7, 11) is 0. The number of benzene rings is 1. The first kappa shape index (κ1) is 12.6. The minimum atomic E-state index is 0.248. The molecular formula is C15H18N2O. The lowest BCUT2D eigenvalue weighted by Gasteiger charge is -2.08. The van der Waals surface area contributed by atoms with Gasteiger partial charge in [-0.05, 0) is 37.1 Å². The standard InChI is InChI=1S/C15H18N2O/c1-11-5-3-4-6-13(11)9-16-10-14-15(18)8-7-12(2)17-14/h3-8,16,18H,9-10H2,1-2H3. The molecule has 0 fully saturated rings. The normalized spacial score (nSPS) is 10.6. The molecule has 2 aromatic rings. The Kier molecular flexibility index (Phi) is 3.95. The van der Waals surface area contributed by atoms with Gasteiger partial charge in [0.1, 0.15) is 5.75 Å². The van der Waals surface area contributed by atoms with Gasteiger partial charge in [-0.3, -0.25) is 4.98 Å². The number of pyridine rings is 1. The van der Waals surface area contributed by atoms with E-state index in [-0.39, 0.29) is 5.75 Å². The molecule has 0 bridgehead atoms. The van der Waals surface area contributed by atoms with Crippen LogP contribution >= 0.6 is 0 Å². The third kappa shape index (κ3) is 3.08. The third-order valence-corrected chi connectivity index (χ3v) is 2.96. The molecule has 3 heteroatoms. The lowest BCUT2D eigenvalue weighted by atomic mass is 10.1. The number of aromatic nitrogens is 1. The molecule has 0 radical (unpaired) electrons. The van der Waals surface area contributed by atoms with Crippen molar-refractivity contribution in [2.75, 3.05) is 0 Å². The molecule has 0 spiro atoms. The van der Waals surface area contributed by atoms with Gasteiger partial charge < -0.3 is 10.4 Å². The summed E-state index contributed by atoms with van der Waals surface area (Å²) in [4.78, 5) is 4.31. The molecule has 2 rings (SSSR count). The predicted molar refractivity (Wildman–Crippen MR) is 72.4 cm³/mol. The van der Waals surface area contributed by atoms with E-state index in [2.05, 4.69) is 29.4 Å². The van der Waals surface area contributed by atoms with Crippen LogP contribution in [0.25, 0.3) is 0 Å². The van der Waals surface area contributed by atoms with Crippen molar-refractivity contribution in [1.29, 1.82) is 0 Å². The van der Waals surface area contributed by atoms with E-state index in [4.69, 9.17) is 0 Å². The van der Waals surface area contributed by atoms with Gasteiger partial charge in [-0.1, -0.05) is 24.3 Å². The molecule has 94 valence electrons. The molecule has 0 atom stereocenters. The maximum Gasteiger partial charge on any atom is 0.138 e. The van der Waals surface area contributed by atoms with Gasteiger partial charge in [-0.2, -0.15) is 0 Å². The Morgan fingerprint density at radius 3 is 2.61 bits per heavy atom. The molecule has 0 aliphatic heterocycles. The van der Waals surface area contributed by atoms with Crippen LogP contribution in [-0.4, -0.2) is 10.1 Å². The fourth-order valence-electron chi connectivity index (χ4n) is 1.86. The predicted octanol–water partition coefficient (Wildman–Crippen LogP) is 2.69. The fourth-order valence-corrected chi connectivity index (χ4v) is 1.86. The van der Waals surface area contributed by atoms with Crippen molar-refractivity contribution in [3.05, 3.63) is 58.9 Å². The van der Waals surface area contributed by atoms with E-state index in [1.807, 2.05) is 19.1 Å². The maximum absolute atomic E-state index is 9.68. The summed E-state index contributed by atoms with van der Waals surface area (Å²) in [6, 6.07) is 11.8. The molecule has 0 aliphatic carbocycles. The first-order chi connectivity index (χ1) is 8.66. The Labute approximate surface area is 108 Å². The summed E-state index contributed by atoms with van der Waals surface area (Å²) >= 11 is 0. The molecule has 0 unspecified atom stereocenters. The first-order valence-electron chi connectivity index (χ1n) is 6.07. The number of hydrogen-bond acceptors (Lipinski definition) is 3. The lowest BCUT2D eigenvalue weighted by molar-refractivity contribution is 0.459. The van der Waals surface area contributed by atoms with E-state index in [9.17, 15) is 5.11 Å². The van der Waals surface area contributed by atoms with Gasteiger partial charge in [0.25, 0.3) is 0 Å². The van der Waals surface area contributed by atoms with Gasteiger partial charge in [-0.15, -0.1) is 0 Å². The molecular weight excluding hydrogens is 224 g/mol. The summed E-state index contributed by atoms with van der Waals surface area (Å²) in [5, 5.41) is 13.0. The van der Waals surface area contributed by atoms with E-state index >= 15 is 0 Å². The third-order valence-electron chi connectivity index (χ3n) is 2.96. The Balaban J connectivity index is 1.96. The topological polar surface area (TPSA) is 45.1 Å². The second-order valence-corrected chi connectivity index (χ2v) is 4.45. The van der Waals surface area contributed by atoms with Crippen molar-refractivity contribution in [3.8, 4) is 5.75 Å². The molecule has 0 amide bonds. The van der Waals surface area contributed by atoms with Crippen molar-refractivity contribution < 1.29 is 5.11 Å². The highest BCUT2D eigenvalue weighted by Gasteiger charge is 2.03. The second kappa shape index (κ2) is 5.65. The SMILES string of the molecule is Cc1ccc(O)c(CNCc2ccccc2C)n1. The van der Waals surface area contributed by atoms with Crippen LogP contribution in [-0.2, 0) is 13.1 Å². The summed E-state index contributed by atoms with van der Waals surface area (Å²) in [5.74, 6) is 0.248. The van der Waals surface area contributed by atoms with Crippen molar-refractivity contribution in [2.45, 2.75) is 26.9 Å². The zero-order valence-corrected chi connectivity index (χ0v) is 10.8. The monoisotopic (exact) mass is 242 g/mol. The zero-order valence-electron chi connectivity index (χ0n) is 10.8. The highest BCUT2D eigenvalue weighted by molar-refractivity contribution is 5.28. The molecule has 1 aromatic heterocycles. The van der Waals surface area contributed by atoms with Gasteiger partial charge in [0, 0.05) is 18.8 Å². The van der Waals surface area contributed by atoms with Gasteiger partial charge in [0.05, 0.1) is 5.69 Å². The first-order valence-corrected chi connectivity index (χ1v) is 6.07. The molecule has 18 heavy (non-hydrogen) atoms. The molecule has 1 heterocycles. The molecule has 3 nitrogen and oxygen atoms in total. The molecule has 1 aromatic carbocycles. The Hall–Kier alpha value is -1.87. The Bertz CT molecular complexity index is 538. The average molecular weight is 242 g/mol. The van der Waals surface area contributed by atoms with Gasteiger partial charge in [-0.25, -0.2) is 0 Å². The summed E-state index contributed by atoms with van der Waals surface area (Å²) in [6.07, 6.45) is 0. The van der Waals surface area contributed by atoms with E-state index in [0.717, 1.165) is 12.2 Å². The van der Waals surface area contributed by atoms with Crippen LogP contribution in [0.3, 0.4) is 0 Å². The van der Waals surface area contributed by atoms with E-state index in [1.165, 1.54) is 11.1 Å². The van der Waals surface area contributed by atoms with Crippen molar-refractivity contribution >= 4 is 0 Å². The maximum atomic E-state index is 9.68. The largest absolute Gasteiger partial charge is 0.506 e. The molecule has 2 N–H and O–H groups in total. The number of aromatic hydroxyl groups is 1. The summed E-state index contributed by atoms with van der Waals surface area (Å²) < 4.78 is 0. The van der Waals surface area contributed by atoms with Crippen LogP contribution in [0.5, 0.6) is 5.75 Å². The summed E-state index contributed by atoms with van der Waals surface area (Å²) in [6.45, 7) is 5.37. The minimum Gasteiger partial charge on any atom is -0.506 e. The van der Waals surface area contributed by atoms with Crippen LogP contribution in [0.1, 0.15) is 22.5 Å².